The molecule has 0 radical (unpaired) electrons. The summed E-state index contributed by atoms with van der Waals surface area (Å²) < 4.78 is 5.40. The van der Waals surface area contributed by atoms with Gasteiger partial charge in [-0.25, -0.2) is 4.99 Å². The Morgan fingerprint density at radius 1 is 1.60 bits per heavy atom. The summed E-state index contributed by atoms with van der Waals surface area (Å²) in [5.41, 5.74) is 0. The van der Waals surface area contributed by atoms with Crippen LogP contribution < -0.4 is 0 Å². The summed E-state index contributed by atoms with van der Waals surface area (Å²) in [4.78, 5) is 3.84. The highest BCUT2D eigenvalue weighted by molar-refractivity contribution is 7.78. The molecule has 2 nitrogen and oxygen atoms in total. The Kier molecular flexibility index (Phi) is 3.58. The average Bonchev–Trinajstić information content (AvgIpc) is 2.03. The van der Waals surface area contributed by atoms with E-state index in [0.29, 0.717) is 12.6 Å². The number of rotatable bonds is 2. The van der Waals surface area contributed by atoms with E-state index in [4.69, 9.17) is 4.74 Å². The number of ether oxygens (including phenoxy) is 1. The van der Waals surface area contributed by atoms with Crippen LogP contribution in [0.15, 0.2) is 4.99 Å². The molecular formula is C7H11NOS. The monoisotopic (exact) mass is 157 g/mol. The largest absolute Gasteiger partial charge is 0.376 e. The Bertz CT molecular complexity index is 137. The van der Waals surface area contributed by atoms with Crippen LogP contribution in [-0.4, -0.2) is 24.4 Å². The summed E-state index contributed by atoms with van der Waals surface area (Å²) in [7, 11) is 0. The molecule has 1 unspecified atom stereocenters. The van der Waals surface area contributed by atoms with Crippen LogP contribution in [0.3, 0.4) is 0 Å². The summed E-state index contributed by atoms with van der Waals surface area (Å²) in [5, 5.41) is 2.34. The fraction of sp³-hybridized carbons (Fsp3) is 0.857. The van der Waals surface area contributed by atoms with Gasteiger partial charge in [0.15, 0.2) is 0 Å². The van der Waals surface area contributed by atoms with E-state index in [9.17, 15) is 0 Å². The lowest BCUT2D eigenvalue weighted by Crippen LogP contribution is -2.21. The molecule has 1 atom stereocenters. The second kappa shape index (κ2) is 4.56. The van der Waals surface area contributed by atoms with E-state index in [0.717, 1.165) is 13.0 Å². The number of hydrogen-bond acceptors (Lipinski definition) is 3. The van der Waals surface area contributed by atoms with E-state index in [-0.39, 0.29) is 0 Å². The first-order chi connectivity index (χ1) is 4.93. The Balaban J connectivity index is 2.19. The quantitative estimate of drug-likeness (QED) is 0.449. The van der Waals surface area contributed by atoms with Gasteiger partial charge in [0.05, 0.1) is 17.8 Å². The van der Waals surface area contributed by atoms with Gasteiger partial charge in [-0.3, -0.25) is 0 Å². The topological polar surface area (TPSA) is 21.6 Å². The van der Waals surface area contributed by atoms with Gasteiger partial charge in [-0.2, -0.15) is 0 Å². The molecule has 0 N–H and O–H groups in total. The minimum absolute atomic E-state index is 0.309. The molecule has 1 aliphatic heterocycles. The maximum atomic E-state index is 5.40. The SMILES string of the molecule is S=C=NCC1CCCCO1. The van der Waals surface area contributed by atoms with E-state index < -0.39 is 0 Å². The van der Waals surface area contributed by atoms with Gasteiger partial charge in [0, 0.05) is 6.61 Å². The lowest BCUT2D eigenvalue weighted by molar-refractivity contribution is 0.0226. The highest BCUT2D eigenvalue weighted by Gasteiger charge is 2.11. The van der Waals surface area contributed by atoms with Crippen molar-refractivity contribution in [2.45, 2.75) is 25.4 Å². The lowest BCUT2D eigenvalue weighted by Gasteiger charge is -2.19. The minimum atomic E-state index is 0.309. The molecule has 0 aromatic rings. The zero-order chi connectivity index (χ0) is 7.23. The maximum absolute atomic E-state index is 5.40. The fourth-order valence-corrected chi connectivity index (χ4v) is 1.17. The highest BCUT2D eigenvalue weighted by Crippen LogP contribution is 2.12. The van der Waals surface area contributed by atoms with E-state index in [1.54, 1.807) is 0 Å². The van der Waals surface area contributed by atoms with Crippen molar-refractivity contribution in [3.8, 4) is 0 Å². The van der Waals surface area contributed by atoms with Crippen molar-refractivity contribution >= 4 is 17.4 Å². The summed E-state index contributed by atoms with van der Waals surface area (Å²) in [5.74, 6) is 0. The smallest absolute Gasteiger partial charge is 0.0778 e. The van der Waals surface area contributed by atoms with Crippen molar-refractivity contribution in [3.63, 3.8) is 0 Å². The minimum Gasteiger partial charge on any atom is -0.376 e. The van der Waals surface area contributed by atoms with E-state index in [1.165, 1.54) is 12.8 Å². The predicted molar refractivity (Wildman–Crippen MR) is 43.5 cm³/mol. The molecule has 10 heavy (non-hydrogen) atoms. The second-order valence-corrected chi connectivity index (χ2v) is 2.60. The molecule has 1 saturated heterocycles. The summed E-state index contributed by atoms with van der Waals surface area (Å²) >= 11 is 4.45. The molecule has 1 heterocycles. The number of nitrogens with zero attached hydrogens (tertiary/aromatic N) is 1. The van der Waals surface area contributed by atoms with Crippen LogP contribution in [-0.2, 0) is 4.74 Å². The molecule has 0 aliphatic carbocycles. The molecule has 0 bridgehead atoms. The van der Waals surface area contributed by atoms with Crippen molar-refractivity contribution in [2.24, 2.45) is 4.99 Å². The lowest BCUT2D eigenvalue weighted by atomic mass is 10.1. The zero-order valence-electron chi connectivity index (χ0n) is 5.88. The Labute approximate surface area is 66.3 Å². The number of aliphatic imine (C=N–C) groups is 1. The van der Waals surface area contributed by atoms with Crippen molar-refractivity contribution in [3.05, 3.63) is 0 Å². The molecule has 3 heteroatoms. The molecule has 0 spiro atoms. The van der Waals surface area contributed by atoms with Gasteiger partial charge in [0.25, 0.3) is 0 Å². The van der Waals surface area contributed by atoms with Crippen LogP contribution in [0.2, 0.25) is 0 Å². The number of hydrogen-bond donors (Lipinski definition) is 0. The van der Waals surface area contributed by atoms with E-state index in [1.807, 2.05) is 0 Å². The van der Waals surface area contributed by atoms with Gasteiger partial charge in [0.2, 0.25) is 0 Å². The first-order valence-electron chi connectivity index (χ1n) is 3.58. The van der Waals surface area contributed by atoms with Crippen LogP contribution in [0.4, 0.5) is 0 Å². The molecule has 0 saturated carbocycles. The zero-order valence-corrected chi connectivity index (χ0v) is 6.69. The van der Waals surface area contributed by atoms with Crippen molar-refractivity contribution in [1.29, 1.82) is 0 Å². The first-order valence-corrected chi connectivity index (χ1v) is 3.99. The van der Waals surface area contributed by atoms with Gasteiger partial charge in [0.1, 0.15) is 0 Å². The standard InChI is InChI=1S/C7H11NOS/c10-6-8-5-7-3-1-2-4-9-7/h7H,1-5H2. The van der Waals surface area contributed by atoms with Gasteiger partial charge >= 0.3 is 0 Å². The van der Waals surface area contributed by atoms with E-state index in [2.05, 4.69) is 22.4 Å². The molecule has 0 aromatic heterocycles. The number of isothiocyanates is 1. The van der Waals surface area contributed by atoms with Crippen molar-refractivity contribution in [2.75, 3.05) is 13.2 Å². The number of thiocarbonyl (C=S) groups is 1. The normalized spacial score (nSPS) is 25.4. The third-order valence-electron chi connectivity index (χ3n) is 1.63. The third-order valence-corrected chi connectivity index (χ3v) is 1.76. The summed E-state index contributed by atoms with van der Waals surface area (Å²) in [6, 6.07) is 0. The van der Waals surface area contributed by atoms with E-state index >= 15 is 0 Å². The van der Waals surface area contributed by atoms with Crippen LogP contribution >= 0.6 is 12.2 Å². The summed E-state index contributed by atoms with van der Waals surface area (Å²) in [6.45, 7) is 1.58. The molecular weight excluding hydrogens is 146 g/mol. The van der Waals surface area contributed by atoms with Gasteiger partial charge < -0.3 is 4.74 Å². The predicted octanol–water partition coefficient (Wildman–Crippen LogP) is 1.66. The Morgan fingerprint density at radius 3 is 3.10 bits per heavy atom. The fourth-order valence-electron chi connectivity index (χ4n) is 1.09. The van der Waals surface area contributed by atoms with Gasteiger partial charge in [-0.15, -0.1) is 0 Å². The average molecular weight is 157 g/mol. The molecule has 0 aromatic carbocycles. The molecule has 1 fully saturated rings. The highest BCUT2D eigenvalue weighted by atomic mass is 32.1. The molecule has 1 aliphatic rings. The van der Waals surface area contributed by atoms with Crippen LogP contribution in [0, 0.1) is 0 Å². The third kappa shape index (κ3) is 2.56. The molecule has 56 valence electrons. The second-order valence-electron chi connectivity index (χ2n) is 2.42. The maximum Gasteiger partial charge on any atom is 0.0778 e. The van der Waals surface area contributed by atoms with Crippen LogP contribution in [0.1, 0.15) is 19.3 Å². The van der Waals surface area contributed by atoms with Crippen molar-refractivity contribution in [1.82, 2.24) is 0 Å². The summed E-state index contributed by atoms with van der Waals surface area (Å²) in [6.07, 6.45) is 3.89. The Morgan fingerprint density at radius 2 is 2.50 bits per heavy atom. The van der Waals surface area contributed by atoms with Gasteiger partial charge in [-0.1, -0.05) is 0 Å². The van der Waals surface area contributed by atoms with Crippen molar-refractivity contribution < 1.29 is 4.74 Å². The van der Waals surface area contributed by atoms with Crippen LogP contribution in [0.5, 0.6) is 0 Å². The molecule has 0 amide bonds. The Hall–Kier alpha value is -0.240. The first kappa shape index (κ1) is 7.86. The molecule has 1 rings (SSSR count). The van der Waals surface area contributed by atoms with Gasteiger partial charge in [-0.05, 0) is 31.5 Å². The van der Waals surface area contributed by atoms with Crippen LogP contribution in [0.25, 0.3) is 0 Å².